The van der Waals surface area contributed by atoms with Crippen LogP contribution in [-0.2, 0) is 4.79 Å². The molecule has 0 aliphatic carbocycles. The molecule has 2 unspecified atom stereocenters. The zero-order valence-electron chi connectivity index (χ0n) is 16.1. The molecule has 0 bridgehead atoms. The SMILES string of the molecule is Cc1c(C(C)NC(=O)C2CCCCN2C(=O)c2cccs2)oc2ccccc12. The molecule has 2 amide bonds. The lowest BCUT2D eigenvalue weighted by Gasteiger charge is -2.35. The third kappa shape index (κ3) is 3.44. The van der Waals surface area contributed by atoms with E-state index in [2.05, 4.69) is 5.32 Å². The van der Waals surface area contributed by atoms with Gasteiger partial charge >= 0.3 is 0 Å². The summed E-state index contributed by atoms with van der Waals surface area (Å²) in [4.78, 5) is 28.3. The van der Waals surface area contributed by atoms with Gasteiger partial charge in [-0.15, -0.1) is 11.3 Å². The van der Waals surface area contributed by atoms with Crippen LogP contribution in [0.5, 0.6) is 0 Å². The largest absolute Gasteiger partial charge is 0.459 e. The number of fused-ring (bicyclic) bond motifs is 1. The van der Waals surface area contributed by atoms with Crippen LogP contribution < -0.4 is 5.32 Å². The highest BCUT2D eigenvalue weighted by atomic mass is 32.1. The molecule has 1 aliphatic rings. The number of nitrogens with zero attached hydrogens (tertiary/aromatic N) is 1. The second kappa shape index (κ2) is 7.80. The van der Waals surface area contributed by atoms with E-state index in [4.69, 9.17) is 4.42 Å². The number of aryl methyl sites for hydroxylation is 1. The van der Waals surface area contributed by atoms with Gasteiger partial charge in [0.15, 0.2) is 0 Å². The van der Waals surface area contributed by atoms with E-state index in [0.717, 1.165) is 35.1 Å². The molecule has 3 aromatic rings. The van der Waals surface area contributed by atoms with Crippen LogP contribution >= 0.6 is 11.3 Å². The molecule has 1 fully saturated rings. The maximum atomic E-state index is 13.0. The molecule has 3 heterocycles. The van der Waals surface area contributed by atoms with Crippen molar-refractivity contribution in [1.29, 1.82) is 0 Å². The van der Waals surface area contributed by atoms with Gasteiger partial charge in [-0.2, -0.15) is 0 Å². The van der Waals surface area contributed by atoms with Crippen molar-refractivity contribution in [2.45, 2.75) is 45.2 Å². The normalized spacial score (nSPS) is 18.2. The third-order valence-corrected chi connectivity index (χ3v) is 6.29. The Kier molecular flexibility index (Phi) is 5.22. The van der Waals surface area contributed by atoms with Crippen LogP contribution in [-0.4, -0.2) is 29.3 Å². The van der Waals surface area contributed by atoms with Crippen LogP contribution in [0, 0.1) is 6.92 Å². The summed E-state index contributed by atoms with van der Waals surface area (Å²) in [6.45, 7) is 4.56. The number of piperidine rings is 1. The van der Waals surface area contributed by atoms with Crippen molar-refractivity contribution in [3.05, 3.63) is 58.0 Å². The number of rotatable bonds is 4. The fraction of sp³-hybridized carbons (Fsp3) is 0.364. The van der Waals surface area contributed by atoms with Crippen molar-refractivity contribution in [1.82, 2.24) is 10.2 Å². The van der Waals surface area contributed by atoms with Crippen LogP contribution in [0.3, 0.4) is 0 Å². The van der Waals surface area contributed by atoms with Gasteiger partial charge < -0.3 is 14.6 Å². The average molecular weight is 397 g/mol. The standard InChI is InChI=1S/C22H24N2O3S/c1-14-16-8-3-4-10-18(16)27-20(14)15(2)23-21(25)17-9-5-6-12-24(17)22(26)19-11-7-13-28-19/h3-4,7-8,10-11,13,15,17H,5-6,9,12H2,1-2H3,(H,23,25). The van der Waals surface area contributed by atoms with Crippen molar-refractivity contribution in [3.8, 4) is 0 Å². The van der Waals surface area contributed by atoms with Gasteiger partial charge in [0.05, 0.1) is 10.9 Å². The number of thiophene rings is 1. The first-order valence-corrected chi connectivity index (χ1v) is 10.6. The van der Waals surface area contributed by atoms with Crippen LogP contribution in [0.25, 0.3) is 11.0 Å². The minimum atomic E-state index is -0.435. The number of hydrogen-bond donors (Lipinski definition) is 1. The number of amides is 2. The Labute approximate surface area is 168 Å². The molecule has 4 rings (SSSR count). The van der Waals surface area contributed by atoms with Gasteiger partial charge in [-0.05, 0) is 50.6 Å². The monoisotopic (exact) mass is 396 g/mol. The molecule has 1 aliphatic heterocycles. The van der Waals surface area contributed by atoms with E-state index in [-0.39, 0.29) is 17.9 Å². The zero-order chi connectivity index (χ0) is 19.7. The molecular weight excluding hydrogens is 372 g/mol. The fourth-order valence-electron chi connectivity index (χ4n) is 3.97. The van der Waals surface area contributed by atoms with Crippen molar-refractivity contribution >= 4 is 34.1 Å². The summed E-state index contributed by atoms with van der Waals surface area (Å²) in [5.41, 5.74) is 1.86. The topological polar surface area (TPSA) is 62.6 Å². The van der Waals surface area contributed by atoms with Gasteiger partial charge in [0.2, 0.25) is 5.91 Å². The number of nitrogens with one attached hydrogen (secondary N) is 1. The predicted octanol–water partition coefficient (Wildman–Crippen LogP) is 4.67. The Hall–Kier alpha value is -2.60. The molecule has 146 valence electrons. The molecule has 1 aromatic carbocycles. The summed E-state index contributed by atoms with van der Waals surface area (Å²) < 4.78 is 5.99. The summed E-state index contributed by atoms with van der Waals surface area (Å²) in [6, 6.07) is 10.9. The van der Waals surface area contributed by atoms with E-state index in [1.54, 1.807) is 4.90 Å². The number of carbonyl (C=O) groups excluding carboxylic acids is 2. The zero-order valence-corrected chi connectivity index (χ0v) is 16.9. The summed E-state index contributed by atoms with van der Waals surface area (Å²) in [5.74, 6) is 0.598. The van der Waals surface area contributed by atoms with Crippen LogP contribution in [0.1, 0.15) is 53.2 Å². The van der Waals surface area contributed by atoms with Crippen LogP contribution in [0.2, 0.25) is 0 Å². The molecule has 6 heteroatoms. The number of furan rings is 1. The van der Waals surface area contributed by atoms with E-state index in [9.17, 15) is 9.59 Å². The first-order chi connectivity index (χ1) is 13.6. The molecule has 0 spiro atoms. The van der Waals surface area contributed by atoms with Crippen LogP contribution in [0.15, 0.2) is 46.2 Å². The Morgan fingerprint density at radius 3 is 2.79 bits per heavy atom. The van der Waals surface area contributed by atoms with Gasteiger partial charge in [-0.25, -0.2) is 0 Å². The van der Waals surface area contributed by atoms with E-state index >= 15 is 0 Å². The molecule has 5 nitrogen and oxygen atoms in total. The number of carbonyl (C=O) groups is 2. The maximum Gasteiger partial charge on any atom is 0.264 e. The highest BCUT2D eigenvalue weighted by Gasteiger charge is 2.34. The molecule has 2 aromatic heterocycles. The summed E-state index contributed by atoms with van der Waals surface area (Å²) in [6.07, 6.45) is 2.57. The molecule has 1 N–H and O–H groups in total. The molecular formula is C22H24N2O3S. The predicted molar refractivity (Wildman–Crippen MR) is 111 cm³/mol. The summed E-state index contributed by atoms with van der Waals surface area (Å²) in [5, 5.41) is 6.02. The number of hydrogen-bond acceptors (Lipinski definition) is 4. The lowest BCUT2D eigenvalue weighted by Crippen LogP contribution is -2.52. The van der Waals surface area contributed by atoms with E-state index < -0.39 is 6.04 Å². The Morgan fingerprint density at radius 2 is 2.04 bits per heavy atom. The van der Waals surface area contributed by atoms with Crippen molar-refractivity contribution in [2.75, 3.05) is 6.54 Å². The number of benzene rings is 1. The van der Waals surface area contributed by atoms with E-state index in [1.807, 2.05) is 55.6 Å². The Morgan fingerprint density at radius 1 is 1.21 bits per heavy atom. The first-order valence-electron chi connectivity index (χ1n) is 9.69. The number of likely N-dealkylation sites (tertiary alicyclic amines) is 1. The lowest BCUT2D eigenvalue weighted by atomic mass is 10.00. The summed E-state index contributed by atoms with van der Waals surface area (Å²) >= 11 is 1.42. The maximum absolute atomic E-state index is 13.0. The van der Waals surface area contributed by atoms with Gasteiger partial charge in [0.1, 0.15) is 17.4 Å². The summed E-state index contributed by atoms with van der Waals surface area (Å²) in [7, 11) is 0. The molecule has 0 radical (unpaired) electrons. The van der Waals surface area contributed by atoms with Gasteiger partial charge in [-0.1, -0.05) is 24.3 Å². The smallest absolute Gasteiger partial charge is 0.264 e. The first kappa shape index (κ1) is 18.7. The Bertz CT molecular complexity index is 993. The third-order valence-electron chi connectivity index (χ3n) is 5.43. The van der Waals surface area contributed by atoms with Crippen LogP contribution in [0.4, 0.5) is 0 Å². The molecule has 28 heavy (non-hydrogen) atoms. The fourth-order valence-corrected chi connectivity index (χ4v) is 4.65. The Balaban J connectivity index is 1.52. The van der Waals surface area contributed by atoms with Gasteiger partial charge in [0, 0.05) is 17.5 Å². The second-order valence-corrected chi connectivity index (χ2v) is 8.25. The molecule has 1 saturated heterocycles. The highest BCUT2D eigenvalue weighted by Crippen LogP contribution is 2.30. The highest BCUT2D eigenvalue weighted by molar-refractivity contribution is 7.12. The van der Waals surface area contributed by atoms with Crippen molar-refractivity contribution in [2.24, 2.45) is 0 Å². The quantitative estimate of drug-likeness (QED) is 0.697. The van der Waals surface area contributed by atoms with E-state index in [1.165, 1.54) is 11.3 Å². The van der Waals surface area contributed by atoms with E-state index in [0.29, 0.717) is 17.8 Å². The minimum absolute atomic E-state index is 0.0533. The van der Waals surface area contributed by atoms with Gasteiger partial charge in [-0.3, -0.25) is 9.59 Å². The average Bonchev–Trinajstić information content (AvgIpc) is 3.36. The van der Waals surface area contributed by atoms with Gasteiger partial charge in [0.25, 0.3) is 5.91 Å². The van der Waals surface area contributed by atoms with Crippen molar-refractivity contribution < 1.29 is 14.0 Å². The van der Waals surface area contributed by atoms with Crippen molar-refractivity contribution in [3.63, 3.8) is 0 Å². The molecule has 2 atom stereocenters. The minimum Gasteiger partial charge on any atom is -0.459 e. The lowest BCUT2D eigenvalue weighted by molar-refractivity contribution is -0.127. The second-order valence-electron chi connectivity index (χ2n) is 7.31. The molecule has 0 saturated carbocycles. The number of para-hydroxylation sites is 1.